The van der Waals surface area contributed by atoms with E-state index in [4.69, 9.17) is 13.9 Å². The van der Waals surface area contributed by atoms with Gasteiger partial charge in [0.1, 0.15) is 5.76 Å². The molecule has 0 unspecified atom stereocenters. The third-order valence-corrected chi connectivity index (χ3v) is 4.80. The van der Waals surface area contributed by atoms with Crippen LogP contribution in [0.4, 0.5) is 0 Å². The summed E-state index contributed by atoms with van der Waals surface area (Å²) in [6.07, 6.45) is 2.87. The molecule has 0 saturated carbocycles. The highest BCUT2D eigenvalue weighted by molar-refractivity contribution is 5.95. The van der Waals surface area contributed by atoms with Crippen LogP contribution in [-0.2, 0) is 11.3 Å². The molecule has 1 saturated heterocycles. The highest BCUT2D eigenvalue weighted by atomic mass is 16.5. The second-order valence-electron chi connectivity index (χ2n) is 6.43. The Morgan fingerprint density at radius 1 is 1.15 bits per heavy atom. The molecule has 1 aliphatic heterocycles. The smallest absolute Gasteiger partial charge is 0.253 e. The van der Waals surface area contributed by atoms with Gasteiger partial charge in [-0.3, -0.25) is 9.59 Å². The highest BCUT2D eigenvalue weighted by Crippen LogP contribution is 2.28. The normalized spacial score (nSPS) is 14.7. The molecule has 7 heteroatoms. The third kappa shape index (κ3) is 4.42. The quantitative estimate of drug-likeness (QED) is 0.842. The second-order valence-corrected chi connectivity index (χ2v) is 6.43. The number of carbonyl (C=O) groups excluding carboxylic acids is 2. The molecule has 144 valence electrons. The van der Waals surface area contributed by atoms with Gasteiger partial charge in [0, 0.05) is 24.6 Å². The lowest BCUT2D eigenvalue weighted by atomic mass is 9.95. The number of rotatable bonds is 6. The van der Waals surface area contributed by atoms with E-state index in [1.54, 1.807) is 49.6 Å². The number of amides is 2. The van der Waals surface area contributed by atoms with Gasteiger partial charge in [0.2, 0.25) is 5.91 Å². The number of piperidine rings is 1. The first-order valence-electron chi connectivity index (χ1n) is 8.93. The van der Waals surface area contributed by atoms with Crippen molar-refractivity contribution in [3.63, 3.8) is 0 Å². The number of hydrogen-bond donors (Lipinski definition) is 1. The summed E-state index contributed by atoms with van der Waals surface area (Å²) < 4.78 is 15.7. The van der Waals surface area contributed by atoms with Gasteiger partial charge in [-0.1, -0.05) is 0 Å². The average Bonchev–Trinajstić information content (AvgIpc) is 3.24. The molecule has 1 N–H and O–H groups in total. The lowest BCUT2D eigenvalue weighted by Gasteiger charge is -2.31. The van der Waals surface area contributed by atoms with Crippen LogP contribution in [0.1, 0.15) is 29.0 Å². The fourth-order valence-corrected chi connectivity index (χ4v) is 3.23. The minimum Gasteiger partial charge on any atom is -0.493 e. The maximum atomic E-state index is 12.7. The summed E-state index contributed by atoms with van der Waals surface area (Å²) in [7, 11) is 3.10. The number of benzene rings is 1. The molecule has 0 bridgehead atoms. The van der Waals surface area contributed by atoms with E-state index < -0.39 is 0 Å². The van der Waals surface area contributed by atoms with Crippen molar-refractivity contribution in [1.82, 2.24) is 10.2 Å². The lowest BCUT2D eigenvalue weighted by molar-refractivity contribution is -0.126. The molecule has 1 aromatic heterocycles. The van der Waals surface area contributed by atoms with Crippen molar-refractivity contribution in [2.75, 3.05) is 27.3 Å². The van der Waals surface area contributed by atoms with Crippen LogP contribution in [-0.4, -0.2) is 44.0 Å². The van der Waals surface area contributed by atoms with Crippen LogP contribution in [0.15, 0.2) is 41.0 Å². The molecule has 2 heterocycles. The molecule has 1 aliphatic rings. The first-order chi connectivity index (χ1) is 13.1. The highest BCUT2D eigenvalue weighted by Gasteiger charge is 2.28. The van der Waals surface area contributed by atoms with E-state index in [2.05, 4.69) is 5.32 Å². The molecule has 1 aromatic carbocycles. The largest absolute Gasteiger partial charge is 0.493 e. The van der Waals surface area contributed by atoms with Crippen LogP contribution in [0.2, 0.25) is 0 Å². The minimum absolute atomic E-state index is 0.00427. The number of nitrogens with zero attached hydrogens (tertiary/aromatic N) is 1. The number of carbonyl (C=O) groups is 2. The number of methoxy groups -OCH3 is 2. The Bertz CT molecular complexity index is 780. The van der Waals surface area contributed by atoms with E-state index in [1.165, 1.54) is 0 Å². The Balaban J connectivity index is 1.53. The predicted octanol–water partition coefficient (Wildman–Crippen LogP) is 2.47. The molecular weight excluding hydrogens is 348 g/mol. The zero-order valence-electron chi connectivity index (χ0n) is 15.6. The molecule has 0 aliphatic carbocycles. The first kappa shape index (κ1) is 18.8. The monoisotopic (exact) mass is 372 g/mol. The van der Waals surface area contributed by atoms with Crippen molar-refractivity contribution in [3.8, 4) is 11.5 Å². The van der Waals surface area contributed by atoms with Crippen molar-refractivity contribution in [3.05, 3.63) is 47.9 Å². The van der Waals surface area contributed by atoms with Crippen molar-refractivity contribution >= 4 is 11.8 Å². The van der Waals surface area contributed by atoms with Crippen LogP contribution in [0.25, 0.3) is 0 Å². The summed E-state index contributed by atoms with van der Waals surface area (Å²) in [5.74, 6) is 1.69. The Labute approximate surface area is 158 Å². The summed E-state index contributed by atoms with van der Waals surface area (Å²) >= 11 is 0. The van der Waals surface area contributed by atoms with Crippen LogP contribution in [0, 0.1) is 5.92 Å². The van der Waals surface area contributed by atoms with Gasteiger partial charge in [-0.05, 0) is 43.2 Å². The molecule has 3 rings (SSSR count). The Kier molecular flexibility index (Phi) is 6.01. The Hall–Kier alpha value is -2.96. The molecule has 0 radical (unpaired) electrons. The maximum absolute atomic E-state index is 12.7. The number of furan rings is 1. The van der Waals surface area contributed by atoms with E-state index in [1.807, 2.05) is 6.07 Å². The minimum atomic E-state index is -0.0885. The van der Waals surface area contributed by atoms with Crippen LogP contribution >= 0.6 is 0 Å². The molecule has 0 atom stereocenters. The van der Waals surface area contributed by atoms with Gasteiger partial charge in [0.15, 0.2) is 11.5 Å². The standard InChI is InChI=1S/C20H24N2O5/c1-25-17-6-5-15(12-18(17)26-2)20(24)22-9-7-14(8-10-22)19(23)21-13-16-4-3-11-27-16/h3-6,11-12,14H,7-10,13H2,1-2H3,(H,21,23). The van der Waals surface area contributed by atoms with Crippen LogP contribution < -0.4 is 14.8 Å². The van der Waals surface area contributed by atoms with E-state index in [0.717, 1.165) is 5.76 Å². The van der Waals surface area contributed by atoms with Crippen molar-refractivity contribution in [1.29, 1.82) is 0 Å². The van der Waals surface area contributed by atoms with Gasteiger partial charge < -0.3 is 24.1 Å². The number of ether oxygens (including phenoxy) is 2. The molecule has 1 fully saturated rings. The average molecular weight is 372 g/mol. The molecule has 7 nitrogen and oxygen atoms in total. The molecule has 0 spiro atoms. The summed E-state index contributed by atoms with van der Waals surface area (Å²) in [5.41, 5.74) is 0.549. The molecular formula is C20H24N2O5. The van der Waals surface area contributed by atoms with Crippen molar-refractivity contribution in [2.45, 2.75) is 19.4 Å². The predicted molar refractivity (Wildman–Crippen MR) is 98.7 cm³/mol. The summed E-state index contributed by atoms with van der Waals surface area (Å²) in [6, 6.07) is 8.75. The van der Waals surface area contributed by atoms with Gasteiger partial charge in [0.25, 0.3) is 5.91 Å². The molecule has 2 amide bonds. The van der Waals surface area contributed by atoms with E-state index in [-0.39, 0.29) is 17.7 Å². The van der Waals surface area contributed by atoms with Gasteiger partial charge in [0.05, 0.1) is 27.0 Å². The van der Waals surface area contributed by atoms with Gasteiger partial charge in [-0.2, -0.15) is 0 Å². The van der Waals surface area contributed by atoms with Crippen LogP contribution in [0.5, 0.6) is 11.5 Å². The summed E-state index contributed by atoms with van der Waals surface area (Å²) in [6.45, 7) is 1.48. The number of hydrogen-bond acceptors (Lipinski definition) is 5. The molecule has 2 aromatic rings. The van der Waals surface area contributed by atoms with Crippen molar-refractivity contribution < 1.29 is 23.5 Å². The lowest BCUT2D eigenvalue weighted by Crippen LogP contribution is -2.42. The van der Waals surface area contributed by atoms with Gasteiger partial charge in [-0.25, -0.2) is 0 Å². The van der Waals surface area contributed by atoms with Gasteiger partial charge >= 0.3 is 0 Å². The Morgan fingerprint density at radius 3 is 2.52 bits per heavy atom. The number of likely N-dealkylation sites (tertiary alicyclic amines) is 1. The van der Waals surface area contributed by atoms with E-state index >= 15 is 0 Å². The topological polar surface area (TPSA) is 81.0 Å². The summed E-state index contributed by atoms with van der Waals surface area (Å²) in [5, 5.41) is 2.89. The summed E-state index contributed by atoms with van der Waals surface area (Å²) in [4.78, 5) is 26.8. The SMILES string of the molecule is COc1ccc(C(=O)N2CCC(C(=O)NCc3ccco3)CC2)cc1OC. The zero-order valence-corrected chi connectivity index (χ0v) is 15.6. The maximum Gasteiger partial charge on any atom is 0.253 e. The van der Waals surface area contributed by atoms with Crippen molar-refractivity contribution in [2.24, 2.45) is 5.92 Å². The third-order valence-electron chi connectivity index (χ3n) is 4.80. The first-order valence-corrected chi connectivity index (χ1v) is 8.93. The fourth-order valence-electron chi connectivity index (χ4n) is 3.23. The number of nitrogens with one attached hydrogen (secondary N) is 1. The second kappa shape index (κ2) is 8.62. The fraction of sp³-hybridized carbons (Fsp3) is 0.400. The van der Waals surface area contributed by atoms with Crippen LogP contribution in [0.3, 0.4) is 0 Å². The molecule has 27 heavy (non-hydrogen) atoms. The van der Waals surface area contributed by atoms with E-state index in [9.17, 15) is 9.59 Å². The van der Waals surface area contributed by atoms with E-state index in [0.29, 0.717) is 49.5 Å². The zero-order chi connectivity index (χ0) is 19.2. The van der Waals surface area contributed by atoms with Gasteiger partial charge in [-0.15, -0.1) is 0 Å². The Morgan fingerprint density at radius 2 is 1.89 bits per heavy atom.